The van der Waals surface area contributed by atoms with E-state index >= 15 is 0 Å². The Bertz CT molecular complexity index is 1030. The first kappa shape index (κ1) is 16.5. The Labute approximate surface area is 156 Å². The lowest BCUT2D eigenvalue weighted by molar-refractivity contribution is 0.0948. The molecule has 2 heterocycles. The molecule has 6 nitrogen and oxygen atoms in total. The van der Waals surface area contributed by atoms with Gasteiger partial charge in [-0.15, -0.1) is 5.10 Å². The predicted molar refractivity (Wildman–Crippen MR) is 106 cm³/mol. The van der Waals surface area contributed by atoms with Gasteiger partial charge in [-0.05, 0) is 36.4 Å². The van der Waals surface area contributed by atoms with E-state index in [1.807, 2.05) is 60.7 Å². The number of benzene rings is 2. The molecule has 2 aromatic carbocycles. The molecule has 0 saturated carbocycles. The normalized spacial score (nSPS) is 10.4. The molecule has 4 rings (SSSR count). The van der Waals surface area contributed by atoms with Crippen LogP contribution in [-0.4, -0.2) is 20.7 Å². The first-order chi connectivity index (χ1) is 13.3. The van der Waals surface area contributed by atoms with Crippen LogP contribution in [-0.2, 0) is 0 Å². The van der Waals surface area contributed by atoms with Crippen LogP contribution >= 0.6 is 0 Å². The van der Waals surface area contributed by atoms with Gasteiger partial charge < -0.3 is 10.6 Å². The minimum atomic E-state index is -0.239. The highest BCUT2D eigenvalue weighted by Crippen LogP contribution is 2.23. The van der Waals surface area contributed by atoms with Gasteiger partial charge in [0.1, 0.15) is 5.82 Å². The largest absolute Gasteiger partial charge is 0.340 e. The molecule has 0 atom stereocenters. The number of aromatic nitrogens is 3. The highest BCUT2D eigenvalue weighted by atomic mass is 16.2. The molecule has 27 heavy (non-hydrogen) atoms. The van der Waals surface area contributed by atoms with Crippen molar-refractivity contribution in [1.29, 1.82) is 0 Å². The number of hydrogen-bond acceptors (Lipinski definition) is 5. The predicted octanol–water partition coefficient (Wildman–Crippen LogP) is 4.45. The van der Waals surface area contributed by atoms with E-state index in [0.29, 0.717) is 17.2 Å². The zero-order valence-electron chi connectivity index (χ0n) is 14.4. The molecule has 0 aliphatic heterocycles. The lowest BCUT2D eigenvalue weighted by Crippen LogP contribution is -2.16. The van der Waals surface area contributed by atoms with E-state index in [0.717, 1.165) is 11.4 Å². The Morgan fingerprint density at radius 1 is 0.778 bits per heavy atom. The van der Waals surface area contributed by atoms with Crippen LogP contribution in [0.1, 0.15) is 10.4 Å². The third-order valence-electron chi connectivity index (χ3n) is 3.92. The van der Waals surface area contributed by atoms with E-state index in [1.54, 1.807) is 30.6 Å². The molecule has 0 aliphatic rings. The van der Waals surface area contributed by atoms with E-state index in [1.165, 1.54) is 4.68 Å². The van der Waals surface area contributed by atoms with E-state index in [2.05, 4.69) is 20.7 Å². The maximum Gasteiger partial charge on any atom is 0.280 e. The molecule has 0 spiro atoms. The molecule has 2 aromatic heterocycles. The highest BCUT2D eigenvalue weighted by Gasteiger charge is 2.16. The maximum atomic E-state index is 12.9. The quantitative estimate of drug-likeness (QED) is 0.553. The SMILES string of the molecule is O=C(c1ccncc1)n1nc(Nc2ccccc2)cc1Nc1ccccc1. The number of para-hydroxylation sites is 2. The summed E-state index contributed by atoms with van der Waals surface area (Å²) in [5, 5.41) is 10.9. The average Bonchev–Trinajstić information content (AvgIpc) is 3.11. The number of rotatable bonds is 5. The van der Waals surface area contributed by atoms with E-state index in [9.17, 15) is 4.79 Å². The molecule has 132 valence electrons. The molecular weight excluding hydrogens is 338 g/mol. The van der Waals surface area contributed by atoms with Crippen molar-refractivity contribution in [2.45, 2.75) is 0 Å². The van der Waals surface area contributed by atoms with Crippen LogP contribution in [0.4, 0.5) is 23.0 Å². The van der Waals surface area contributed by atoms with Crippen LogP contribution in [0, 0.1) is 0 Å². The first-order valence-electron chi connectivity index (χ1n) is 8.48. The fraction of sp³-hybridized carbons (Fsp3) is 0. The summed E-state index contributed by atoms with van der Waals surface area (Å²) in [5.74, 6) is 0.903. The summed E-state index contributed by atoms with van der Waals surface area (Å²) >= 11 is 0. The van der Waals surface area contributed by atoms with Crippen LogP contribution in [0.25, 0.3) is 0 Å². The van der Waals surface area contributed by atoms with Gasteiger partial charge in [-0.2, -0.15) is 4.68 Å². The Kier molecular flexibility index (Phi) is 4.61. The van der Waals surface area contributed by atoms with Gasteiger partial charge in [0.25, 0.3) is 5.91 Å². The number of nitrogens with one attached hydrogen (secondary N) is 2. The summed E-state index contributed by atoms with van der Waals surface area (Å²) in [6, 6.07) is 24.5. The van der Waals surface area contributed by atoms with Gasteiger partial charge in [0.15, 0.2) is 5.82 Å². The number of carbonyl (C=O) groups is 1. The lowest BCUT2D eigenvalue weighted by atomic mass is 10.2. The fourth-order valence-electron chi connectivity index (χ4n) is 2.64. The van der Waals surface area contributed by atoms with Crippen LogP contribution in [0.5, 0.6) is 0 Å². The smallest absolute Gasteiger partial charge is 0.280 e. The third kappa shape index (κ3) is 3.85. The summed E-state index contributed by atoms with van der Waals surface area (Å²) in [6.45, 7) is 0. The Balaban J connectivity index is 1.69. The van der Waals surface area contributed by atoms with Crippen molar-refractivity contribution in [2.24, 2.45) is 0 Å². The van der Waals surface area contributed by atoms with E-state index < -0.39 is 0 Å². The number of carbonyl (C=O) groups excluding carboxylic acids is 1. The van der Waals surface area contributed by atoms with Gasteiger partial charge in [0.2, 0.25) is 0 Å². The van der Waals surface area contributed by atoms with Crippen molar-refractivity contribution in [2.75, 3.05) is 10.6 Å². The minimum Gasteiger partial charge on any atom is -0.340 e. The topological polar surface area (TPSA) is 71.8 Å². The van der Waals surface area contributed by atoms with Gasteiger partial charge in [-0.1, -0.05) is 36.4 Å². The Morgan fingerprint density at radius 2 is 1.37 bits per heavy atom. The third-order valence-corrected chi connectivity index (χ3v) is 3.92. The summed E-state index contributed by atoms with van der Waals surface area (Å²) in [6.07, 6.45) is 3.17. The molecule has 0 aliphatic carbocycles. The summed E-state index contributed by atoms with van der Waals surface area (Å²) in [7, 11) is 0. The average molecular weight is 355 g/mol. The van der Waals surface area contributed by atoms with Crippen molar-refractivity contribution in [3.63, 3.8) is 0 Å². The van der Waals surface area contributed by atoms with Crippen LogP contribution in [0.2, 0.25) is 0 Å². The molecular formula is C21H17N5O. The van der Waals surface area contributed by atoms with E-state index in [4.69, 9.17) is 0 Å². The van der Waals surface area contributed by atoms with Gasteiger partial charge in [-0.3, -0.25) is 9.78 Å². The molecule has 0 unspecified atom stereocenters. The van der Waals surface area contributed by atoms with Gasteiger partial charge >= 0.3 is 0 Å². The van der Waals surface area contributed by atoms with Crippen LogP contribution in [0.15, 0.2) is 91.3 Å². The second-order valence-electron chi connectivity index (χ2n) is 5.85. The molecule has 6 heteroatoms. The monoisotopic (exact) mass is 355 g/mol. The van der Waals surface area contributed by atoms with E-state index in [-0.39, 0.29) is 5.91 Å². The number of hydrogen-bond donors (Lipinski definition) is 2. The lowest BCUT2D eigenvalue weighted by Gasteiger charge is -2.08. The maximum absolute atomic E-state index is 12.9. The summed E-state index contributed by atoms with van der Waals surface area (Å²) in [4.78, 5) is 16.9. The Hall–Kier alpha value is -3.93. The standard InChI is InChI=1S/C21H17N5O/c27-21(16-11-13-22-14-12-16)26-20(24-18-9-5-2-6-10-18)15-19(25-26)23-17-7-3-1-4-8-17/h1-15,24H,(H,23,25). The van der Waals surface area contributed by atoms with Crippen molar-refractivity contribution >= 4 is 28.9 Å². The fourth-order valence-corrected chi connectivity index (χ4v) is 2.64. The van der Waals surface area contributed by atoms with Crippen LogP contribution in [0.3, 0.4) is 0 Å². The number of pyridine rings is 1. The van der Waals surface area contributed by atoms with Crippen molar-refractivity contribution in [1.82, 2.24) is 14.8 Å². The zero-order valence-corrected chi connectivity index (χ0v) is 14.4. The second-order valence-corrected chi connectivity index (χ2v) is 5.85. The van der Waals surface area contributed by atoms with Crippen LogP contribution < -0.4 is 10.6 Å². The second kappa shape index (κ2) is 7.53. The van der Waals surface area contributed by atoms with Gasteiger partial charge in [-0.25, -0.2) is 0 Å². The van der Waals surface area contributed by atoms with Crippen molar-refractivity contribution < 1.29 is 4.79 Å². The number of nitrogens with zero attached hydrogens (tertiary/aromatic N) is 3. The molecule has 0 radical (unpaired) electrons. The summed E-state index contributed by atoms with van der Waals surface area (Å²) < 4.78 is 1.35. The molecule has 2 N–H and O–H groups in total. The van der Waals surface area contributed by atoms with Gasteiger partial charge in [0, 0.05) is 35.4 Å². The zero-order chi connectivity index (χ0) is 18.5. The van der Waals surface area contributed by atoms with Crippen molar-refractivity contribution in [3.8, 4) is 0 Å². The molecule has 0 saturated heterocycles. The highest BCUT2D eigenvalue weighted by molar-refractivity contribution is 5.97. The molecule has 4 aromatic rings. The van der Waals surface area contributed by atoms with Crippen molar-refractivity contribution in [3.05, 3.63) is 96.8 Å². The summed E-state index contributed by atoms with van der Waals surface area (Å²) in [5.41, 5.74) is 2.27. The molecule has 0 fully saturated rings. The molecule has 0 bridgehead atoms. The minimum absolute atomic E-state index is 0.239. The first-order valence-corrected chi connectivity index (χ1v) is 8.48. The molecule has 0 amide bonds. The van der Waals surface area contributed by atoms with Gasteiger partial charge in [0.05, 0.1) is 0 Å². The number of anilines is 4. The Morgan fingerprint density at radius 3 is 2.00 bits per heavy atom.